The molecule has 0 aliphatic carbocycles. The highest BCUT2D eigenvalue weighted by Gasteiger charge is 2.19. The van der Waals surface area contributed by atoms with Crippen LogP contribution >= 0.6 is 22.9 Å². The topological polar surface area (TPSA) is 24.9 Å². The largest absolute Gasteiger partial charge is 0.306 e. The number of benzene rings is 1. The van der Waals surface area contributed by atoms with Crippen LogP contribution in [0.15, 0.2) is 48.1 Å². The van der Waals surface area contributed by atoms with E-state index in [1.165, 1.54) is 21.2 Å². The lowest BCUT2D eigenvalue weighted by atomic mass is 9.99. The van der Waals surface area contributed by atoms with Crippen molar-refractivity contribution in [3.63, 3.8) is 0 Å². The number of fused-ring (bicyclic) bond motifs is 1. The summed E-state index contributed by atoms with van der Waals surface area (Å²) in [6.07, 6.45) is 4.86. The molecule has 1 unspecified atom stereocenters. The number of nitrogens with one attached hydrogen (secondary N) is 1. The van der Waals surface area contributed by atoms with E-state index in [2.05, 4.69) is 35.4 Å². The zero-order chi connectivity index (χ0) is 14.7. The standard InChI is InChI=1S/C17H17ClN2S/c1-2-8-20-16(17-15(18)7-10-21-17)13-5-3-4-12-6-9-19-11-14(12)13/h3-7,9-11,16,20H,2,8H2,1H3. The fraction of sp³-hybridized carbons (Fsp3) is 0.235. The van der Waals surface area contributed by atoms with E-state index in [1.54, 1.807) is 11.3 Å². The Balaban J connectivity index is 2.12. The van der Waals surface area contributed by atoms with Gasteiger partial charge in [-0.05, 0) is 41.4 Å². The van der Waals surface area contributed by atoms with Gasteiger partial charge in [0.1, 0.15) is 0 Å². The molecule has 2 aromatic heterocycles. The van der Waals surface area contributed by atoms with Crippen molar-refractivity contribution < 1.29 is 0 Å². The molecule has 2 heterocycles. The molecule has 0 bridgehead atoms. The lowest BCUT2D eigenvalue weighted by Crippen LogP contribution is -2.22. The normalized spacial score (nSPS) is 12.7. The minimum absolute atomic E-state index is 0.116. The summed E-state index contributed by atoms with van der Waals surface area (Å²) >= 11 is 8.07. The number of hydrogen-bond donors (Lipinski definition) is 1. The van der Waals surface area contributed by atoms with Crippen molar-refractivity contribution in [2.24, 2.45) is 0 Å². The van der Waals surface area contributed by atoms with Crippen LogP contribution < -0.4 is 5.32 Å². The van der Waals surface area contributed by atoms with Gasteiger partial charge >= 0.3 is 0 Å². The molecule has 2 nitrogen and oxygen atoms in total. The molecule has 0 saturated heterocycles. The lowest BCUT2D eigenvalue weighted by Gasteiger charge is -2.20. The highest BCUT2D eigenvalue weighted by Crippen LogP contribution is 2.35. The first-order chi connectivity index (χ1) is 10.3. The summed E-state index contributed by atoms with van der Waals surface area (Å²) < 4.78 is 0. The van der Waals surface area contributed by atoms with Gasteiger partial charge in [0.2, 0.25) is 0 Å². The second-order valence-electron chi connectivity index (χ2n) is 4.96. The average molecular weight is 317 g/mol. The molecule has 0 aliphatic rings. The van der Waals surface area contributed by atoms with Crippen molar-refractivity contribution in [1.29, 1.82) is 0 Å². The lowest BCUT2D eigenvalue weighted by molar-refractivity contribution is 0.609. The van der Waals surface area contributed by atoms with Gasteiger partial charge < -0.3 is 5.32 Å². The molecule has 0 radical (unpaired) electrons. The van der Waals surface area contributed by atoms with Gasteiger partial charge in [-0.1, -0.05) is 36.7 Å². The van der Waals surface area contributed by atoms with E-state index in [0.29, 0.717) is 0 Å². The van der Waals surface area contributed by atoms with Gasteiger partial charge in [-0.25, -0.2) is 0 Å². The minimum Gasteiger partial charge on any atom is -0.306 e. The molecule has 1 N–H and O–H groups in total. The van der Waals surface area contributed by atoms with Crippen LogP contribution in [0.25, 0.3) is 10.8 Å². The predicted octanol–water partition coefficient (Wildman–Crippen LogP) is 5.04. The van der Waals surface area contributed by atoms with E-state index in [-0.39, 0.29) is 6.04 Å². The summed E-state index contributed by atoms with van der Waals surface area (Å²) in [5.74, 6) is 0. The van der Waals surface area contributed by atoms with Gasteiger partial charge in [0.25, 0.3) is 0 Å². The molecule has 108 valence electrons. The number of halogens is 1. The van der Waals surface area contributed by atoms with Gasteiger partial charge in [-0.3, -0.25) is 4.98 Å². The van der Waals surface area contributed by atoms with Crippen molar-refractivity contribution in [2.75, 3.05) is 6.54 Å². The highest BCUT2D eigenvalue weighted by molar-refractivity contribution is 7.10. The van der Waals surface area contributed by atoms with Crippen molar-refractivity contribution in [3.8, 4) is 0 Å². The third-order valence-electron chi connectivity index (χ3n) is 3.53. The van der Waals surface area contributed by atoms with Gasteiger partial charge in [0, 0.05) is 22.7 Å². The van der Waals surface area contributed by atoms with E-state index in [1.807, 2.05) is 29.9 Å². The van der Waals surface area contributed by atoms with Crippen LogP contribution in [0.3, 0.4) is 0 Å². The van der Waals surface area contributed by atoms with Crippen LogP contribution in [-0.4, -0.2) is 11.5 Å². The zero-order valence-electron chi connectivity index (χ0n) is 11.8. The molecule has 1 aromatic carbocycles. The van der Waals surface area contributed by atoms with Crippen LogP contribution in [0.4, 0.5) is 0 Å². The first kappa shape index (κ1) is 14.5. The fourth-order valence-corrected chi connectivity index (χ4v) is 3.79. The van der Waals surface area contributed by atoms with Crippen LogP contribution in [0.1, 0.15) is 29.8 Å². The van der Waals surface area contributed by atoms with Gasteiger partial charge in [0.05, 0.1) is 11.1 Å². The maximum Gasteiger partial charge on any atom is 0.0692 e. The number of aromatic nitrogens is 1. The first-order valence-corrected chi connectivity index (χ1v) is 8.36. The molecular formula is C17H17ClN2S. The Morgan fingerprint density at radius 2 is 2.19 bits per heavy atom. The first-order valence-electron chi connectivity index (χ1n) is 7.10. The van der Waals surface area contributed by atoms with Gasteiger partial charge in [-0.2, -0.15) is 0 Å². The zero-order valence-corrected chi connectivity index (χ0v) is 13.4. The molecule has 4 heteroatoms. The SMILES string of the molecule is CCCNC(c1sccc1Cl)c1cccc2ccncc12. The molecule has 3 aromatic rings. The van der Waals surface area contributed by atoms with Crippen LogP contribution in [-0.2, 0) is 0 Å². The van der Waals surface area contributed by atoms with Gasteiger partial charge in [-0.15, -0.1) is 11.3 Å². The second-order valence-corrected chi connectivity index (χ2v) is 6.32. The monoisotopic (exact) mass is 316 g/mol. The van der Waals surface area contributed by atoms with Crippen molar-refractivity contribution in [1.82, 2.24) is 10.3 Å². The Morgan fingerprint density at radius 3 is 2.95 bits per heavy atom. The smallest absolute Gasteiger partial charge is 0.0692 e. The van der Waals surface area contributed by atoms with Crippen LogP contribution in [0.5, 0.6) is 0 Å². The minimum atomic E-state index is 0.116. The Labute approximate surface area is 133 Å². The van der Waals surface area contributed by atoms with Crippen LogP contribution in [0.2, 0.25) is 5.02 Å². The Bertz CT molecular complexity index is 733. The number of rotatable bonds is 5. The van der Waals surface area contributed by atoms with Crippen LogP contribution in [0, 0.1) is 0 Å². The highest BCUT2D eigenvalue weighted by atomic mass is 35.5. The van der Waals surface area contributed by atoms with E-state index >= 15 is 0 Å². The Hall–Kier alpha value is -1.42. The predicted molar refractivity (Wildman–Crippen MR) is 91.2 cm³/mol. The third kappa shape index (κ3) is 2.95. The molecule has 0 aliphatic heterocycles. The van der Waals surface area contributed by atoms with E-state index in [0.717, 1.165) is 18.0 Å². The molecule has 0 fully saturated rings. The number of nitrogens with zero attached hydrogens (tertiary/aromatic N) is 1. The van der Waals surface area contributed by atoms with Crippen molar-refractivity contribution in [2.45, 2.75) is 19.4 Å². The molecule has 3 rings (SSSR count). The Morgan fingerprint density at radius 1 is 1.29 bits per heavy atom. The molecule has 1 atom stereocenters. The molecule has 21 heavy (non-hydrogen) atoms. The van der Waals surface area contributed by atoms with E-state index in [4.69, 9.17) is 11.6 Å². The summed E-state index contributed by atoms with van der Waals surface area (Å²) in [7, 11) is 0. The summed E-state index contributed by atoms with van der Waals surface area (Å²) in [4.78, 5) is 5.45. The summed E-state index contributed by atoms with van der Waals surface area (Å²) in [5.41, 5.74) is 1.23. The van der Waals surface area contributed by atoms with Crippen molar-refractivity contribution in [3.05, 3.63) is 63.6 Å². The third-order valence-corrected chi connectivity index (χ3v) is 4.96. The number of thiophene rings is 1. The quantitative estimate of drug-likeness (QED) is 0.713. The summed E-state index contributed by atoms with van der Waals surface area (Å²) in [5, 5.41) is 8.88. The molecule has 0 amide bonds. The fourth-order valence-electron chi connectivity index (χ4n) is 2.53. The molecule has 0 saturated carbocycles. The average Bonchev–Trinajstić information content (AvgIpc) is 2.94. The maximum atomic E-state index is 6.37. The van der Waals surface area contributed by atoms with E-state index < -0.39 is 0 Å². The molecular weight excluding hydrogens is 300 g/mol. The maximum absolute atomic E-state index is 6.37. The summed E-state index contributed by atoms with van der Waals surface area (Å²) in [6, 6.07) is 10.5. The van der Waals surface area contributed by atoms with Crippen molar-refractivity contribution >= 4 is 33.7 Å². The number of hydrogen-bond acceptors (Lipinski definition) is 3. The van der Waals surface area contributed by atoms with E-state index in [9.17, 15) is 0 Å². The molecule has 0 spiro atoms. The van der Waals surface area contributed by atoms with Gasteiger partial charge in [0.15, 0.2) is 0 Å². The Kier molecular flexibility index (Phi) is 4.54. The second kappa shape index (κ2) is 6.56. The summed E-state index contributed by atoms with van der Waals surface area (Å²) in [6.45, 7) is 3.13. The number of pyridine rings is 1.